The van der Waals surface area contributed by atoms with Crippen molar-refractivity contribution in [3.8, 4) is 0 Å². The van der Waals surface area contributed by atoms with Crippen LogP contribution < -0.4 is 0 Å². The zero-order valence-electron chi connectivity index (χ0n) is 13.2. The highest BCUT2D eigenvalue weighted by atomic mass is 19.1. The predicted molar refractivity (Wildman–Crippen MR) is 81.1 cm³/mol. The summed E-state index contributed by atoms with van der Waals surface area (Å²) in [6, 6.07) is 6.55. The molecule has 122 valence electrons. The van der Waals surface area contributed by atoms with Crippen LogP contribution in [0.3, 0.4) is 0 Å². The first-order valence-corrected chi connectivity index (χ1v) is 7.56. The van der Waals surface area contributed by atoms with Crippen LogP contribution in [0.5, 0.6) is 0 Å². The molecule has 1 saturated heterocycles. The average Bonchev–Trinajstić information content (AvgIpc) is 2.93. The molecule has 1 aromatic carbocycles. The van der Waals surface area contributed by atoms with Gasteiger partial charge in [-0.15, -0.1) is 0 Å². The first-order valence-electron chi connectivity index (χ1n) is 7.56. The van der Waals surface area contributed by atoms with Gasteiger partial charge in [-0.1, -0.05) is 23.4 Å². The van der Waals surface area contributed by atoms with Gasteiger partial charge >= 0.3 is 0 Å². The molecule has 0 radical (unpaired) electrons. The number of nitrogens with zero attached hydrogens (tertiary/aromatic N) is 4. The van der Waals surface area contributed by atoms with E-state index in [9.17, 15) is 9.18 Å². The molecule has 7 heteroatoms. The first kappa shape index (κ1) is 15.6. The van der Waals surface area contributed by atoms with Crippen molar-refractivity contribution in [2.75, 3.05) is 26.7 Å². The van der Waals surface area contributed by atoms with Crippen molar-refractivity contribution in [2.45, 2.75) is 19.4 Å². The Morgan fingerprint density at radius 3 is 2.87 bits per heavy atom. The largest absolute Gasteiger partial charge is 0.340 e. The van der Waals surface area contributed by atoms with Gasteiger partial charge in [-0.25, -0.2) is 4.39 Å². The normalized spacial score (nSPS) is 19.1. The van der Waals surface area contributed by atoms with E-state index in [0.29, 0.717) is 36.9 Å². The molecule has 6 nitrogen and oxygen atoms in total. The van der Waals surface area contributed by atoms with Crippen LogP contribution >= 0.6 is 0 Å². The number of likely N-dealkylation sites (N-methyl/N-ethyl adjacent to an activating group) is 1. The Hall–Kier alpha value is -2.28. The van der Waals surface area contributed by atoms with Crippen molar-refractivity contribution < 1.29 is 13.7 Å². The van der Waals surface area contributed by atoms with Crippen LogP contribution in [0.2, 0.25) is 0 Å². The van der Waals surface area contributed by atoms with Crippen LogP contribution in [-0.4, -0.2) is 52.5 Å². The monoisotopic (exact) mass is 318 g/mol. The third-order valence-electron chi connectivity index (χ3n) is 4.14. The number of carbonyl (C=O) groups is 1. The fourth-order valence-corrected chi connectivity index (χ4v) is 2.84. The third-order valence-corrected chi connectivity index (χ3v) is 4.14. The van der Waals surface area contributed by atoms with E-state index in [4.69, 9.17) is 4.52 Å². The number of amides is 1. The van der Waals surface area contributed by atoms with Gasteiger partial charge in [-0.2, -0.15) is 4.98 Å². The first-order chi connectivity index (χ1) is 11.0. The van der Waals surface area contributed by atoms with Crippen LogP contribution in [0, 0.1) is 12.7 Å². The summed E-state index contributed by atoms with van der Waals surface area (Å²) in [5, 5.41) is 3.75. The standard InChI is InChI=1S/C16H19FN4O2/c1-11-18-15(19-23-11)9-16(22)21-8-7-20(2)14(10-21)12-5-3-4-6-13(12)17/h3-6,14H,7-10H2,1-2H3. The van der Waals surface area contributed by atoms with E-state index in [2.05, 4.69) is 15.0 Å². The number of hydrogen-bond acceptors (Lipinski definition) is 5. The minimum absolute atomic E-state index is 0.0692. The molecular formula is C16H19FN4O2. The molecule has 1 aliphatic heterocycles. The van der Waals surface area contributed by atoms with E-state index in [0.717, 1.165) is 0 Å². The van der Waals surface area contributed by atoms with Crippen LogP contribution in [0.25, 0.3) is 0 Å². The second-order valence-corrected chi connectivity index (χ2v) is 5.76. The highest BCUT2D eigenvalue weighted by Crippen LogP contribution is 2.26. The maximum absolute atomic E-state index is 14.1. The molecule has 0 saturated carbocycles. The van der Waals surface area contributed by atoms with Crippen molar-refractivity contribution in [1.82, 2.24) is 19.9 Å². The van der Waals surface area contributed by atoms with Crippen molar-refractivity contribution in [1.29, 1.82) is 0 Å². The Morgan fingerprint density at radius 2 is 2.17 bits per heavy atom. The summed E-state index contributed by atoms with van der Waals surface area (Å²) in [4.78, 5) is 20.3. The van der Waals surface area contributed by atoms with E-state index < -0.39 is 0 Å². The zero-order chi connectivity index (χ0) is 16.4. The molecule has 1 aliphatic rings. The lowest BCUT2D eigenvalue weighted by Crippen LogP contribution is -2.49. The SMILES string of the molecule is Cc1nc(CC(=O)N2CCN(C)C(c3ccccc3F)C2)no1. The van der Waals surface area contributed by atoms with Gasteiger partial charge in [0.25, 0.3) is 0 Å². The number of rotatable bonds is 3. The summed E-state index contributed by atoms with van der Waals surface area (Å²) in [6.07, 6.45) is 0.102. The molecular weight excluding hydrogens is 299 g/mol. The van der Waals surface area contributed by atoms with E-state index in [1.54, 1.807) is 24.0 Å². The molecule has 23 heavy (non-hydrogen) atoms. The van der Waals surface area contributed by atoms with Crippen molar-refractivity contribution in [2.24, 2.45) is 0 Å². The quantitative estimate of drug-likeness (QED) is 0.860. The number of halogens is 1. The van der Waals surface area contributed by atoms with Crippen LogP contribution in [-0.2, 0) is 11.2 Å². The third kappa shape index (κ3) is 3.39. The van der Waals surface area contributed by atoms with E-state index in [1.165, 1.54) is 6.07 Å². The molecule has 2 aromatic rings. The Morgan fingerprint density at radius 1 is 1.39 bits per heavy atom. The van der Waals surface area contributed by atoms with Crippen molar-refractivity contribution in [3.05, 3.63) is 47.4 Å². The molecule has 3 rings (SSSR count). The zero-order valence-corrected chi connectivity index (χ0v) is 13.2. The van der Waals surface area contributed by atoms with Gasteiger partial charge in [0.05, 0.1) is 12.5 Å². The molecule has 0 N–H and O–H groups in total. The van der Waals surface area contributed by atoms with Gasteiger partial charge in [0.15, 0.2) is 5.82 Å². The smallest absolute Gasteiger partial charge is 0.230 e. The van der Waals surface area contributed by atoms with Crippen LogP contribution in [0.15, 0.2) is 28.8 Å². The molecule has 0 spiro atoms. The Kier molecular flexibility index (Phi) is 4.38. The van der Waals surface area contributed by atoms with E-state index >= 15 is 0 Å². The summed E-state index contributed by atoms with van der Waals surface area (Å²) >= 11 is 0. The van der Waals surface area contributed by atoms with Gasteiger partial charge in [0, 0.05) is 32.1 Å². The van der Waals surface area contributed by atoms with Gasteiger partial charge < -0.3 is 9.42 Å². The molecule has 1 atom stereocenters. The van der Waals surface area contributed by atoms with Gasteiger partial charge in [0.1, 0.15) is 5.82 Å². The van der Waals surface area contributed by atoms with Crippen LogP contribution in [0.1, 0.15) is 23.3 Å². The van der Waals surface area contributed by atoms with Gasteiger partial charge in [-0.05, 0) is 13.1 Å². The molecule has 2 heterocycles. The molecule has 1 amide bonds. The van der Waals surface area contributed by atoms with E-state index in [-0.39, 0.29) is 24.2 Å². The fourth-order valence-electron chi connectivity index (χ4n) is 2.84. The molecule has 0 bridgehead atoms. The second kappa shape index (κ2) is 6.45. The Bertz CT molecular complexity index is 703. The molecule has 1 unspecified atom stereocenters. The lowest BCUT2D eigenvalue weighted by Gasteiger charge is -2.39. The maximum atomic E-state index is 14.1. The number of aromatic nitrogens is 2. The van der Waals surface area contributed by atoms with Crippen molar-refractivity contribution in [3.63, 3.8) is 0 Å². The predicted octanol–water partition coefficient (Wildman–Crippen LogP) is 1.57. The maximum Gasteiger partial charge on any atom is 0.230 e. The highest BCUT2D eigenvalue weighted by Gasteiger charge is 2.30. The number of piperazine rings is 1. The summed E-state index contributed by atoms with van der Waals surface area (Å²) in [6.45, 7) is 3.44. The minimum atomic E-state index is -0.243. The molecule has 1 aromatic heterocycles. The topological polar surface area (TPSA) is 62.5 Å². The van der Waals surface area contributed by atoms with Gasteiger partial charge in [-0.3, -0.25) is 9.69 Å². The second-order valence-electron chi connectivity index (χ2n) is 5.76. The summed E-state index contributed by atoms with van der Waals surface area (Å²) < 4.78 is 18.9. The molecule has 1 fully saturated rings. The lowest BCUT2D eigenvalue weighted by atomic mass is 10.0. The number of hydrogen-bond donors (Lipinski definition) is 0. The van der Waals surface area contributed by atoms with Crippen molar-refractivity contribution >= 4 is 5.91 Å². The summed E-state index contributed by atoms with van der Waals surface area (Å²) in [5.41, 5.74) is 0.614. The minimum Gasteiger partial charge on any atom is -0.340 e. The Balaban J connectivity index is 1.72. The number of aryl methyl sites for hydroxylation is 1. The lowest BCUT2D eigenvalue weighted by molar-refractivity contribution is -0.133. The average molecular weight is 318 g/mol. The Labute approximate surface area is 133 Å². The summed E-state index contributed by atoms with van der Waals surface area (Å²) in [7, 11) is 1.95. The highest BCUT2D eigenvalue weighted by molar-refractivity contribution is 5.78. The van der Waals surface area contributed by atoms with Gasteiger partial charge in [0.2, 0.25) is 11.8 Å². The fraction of sp³-hybridized carbons (Fsp3) is 0.438. The summed E-state index contributed by atoms with van der Waals surface area (Å²) in [5.74, 6) is 0.511. The van der Waals surface area contributed by atoms with Crippen LogP contribution in [0.4, 0.5) is 4.39 Å². The van der Waals surface area contributed by atoms with E-state index in [1.807, 2.05) is 13.1 Å². The number of carbonyl (C=O) groups excluding carboxylic acids is 1. The molecule has 0 aliphatic carbocycles. The number of benzene rings is 1.